The highest BCUT2D eigenvalue weighted by Crippen LogP contribution is 2.40. The normalized spacial score (nSPS) is 23.6. The minimum atomic E-state index is 0.190. The molecule has 3 saturated carbocycles. The second-order valence-electron chi connectivity index (χ2n) is 22.2. The minimum Gasteiger partial charge on any atom is -0.354 e. The first-order valence-electron chi connectivity index (χ1n) is 30.3. The number of rotatable bonds is 16. The molecule has 0 radical (unpaired) electrons. The zero-order valence-corrected chi connectivity index (χ0v) is 48.8. The maximum Gasteiger partial charge on any atom is 0.227 e. The highest BCUT2D eigenvalue weighted by atomic mass is 15.3. The molecule has 2 aromatic rings. The van der Waals surface area contributed by atoms with E-state index in [0.717, 1.165) is 194 Å². The van der Waals surface area contributed by atoms with Crippen LogP contribution >= 0.6 is 0 Å². The quantitative estimate of drug-likeness (QED) is 0.0808. The van der Waals surface area contributed by atoms with Gasteiger partial charge in [-0.05, 0) is 147 Å². The van der Waals surface area contributed by atoms with Crippen LogP contribution < -0.4 is 30.7 Å². The number of piperazine rings is 2. The fourth-order valence-electron chi connectivity index (χ4n) is 12.3. The Morgan fingerprint density at radius 1 is 0.667 bits per heavy atom. The fraction of sp³-hybridized carbons (Fsp3) is 0.710. The highest BCUT2D eigenvalue weighted by molar-refractivity contribution is 6.09. The molecule has 0 amide bonds. The lowest BCUT2D eigenvalue weighted by Gasteiger charge is -2.35. The van der Waals surface area contributed by atoms with Gasteiger partial charge in [0.1, 0.15) is 17.3 Å². The summed E-state index contributed by atoms with van der Waals surface area (Å²) >= 11 is 0. The van der Waals surface area contributed by atoms with E-state index in [2.05, 4.69) is 95.6 Å². The molecule has 2 unspecified atom stereocenters. The largest absolute Gasteiger partial charge is 0.354 e. The molecule has 13 heteroatoms. The number of nitrogens with zero attached hydrogens (tertiary/aromatic N) is 8. The van der Waals surface area contributed by atoms with Crippen LogP contribution in [0.15, 0.2) is 53.2 Å². The first-order valence-corrected chi connectivity index (χ1v) is 30.3. The van der Waals surface area contributed by atoms with Crippen molar-refractivity contribution in [1.82, 2.24) is 40.8 Å². The zero-order chi connectivity index (χ0) is 53.9. The Kier molecular flexibility index (Phi) is 24.0. The Hall–Kier alpha value is -4.30. The summed E-state index contributed by atoms with van der Waals surface area (Å²) in [5, 5.41) is 29.2. The van der Waals surface area contributed by atoms with Crippen LogP contribution in [-0.4, -0.2) is 133 Å². The van der Waals surface area contributed by atoms with Crippen LogP contribution in [0, 0.1) is 22.7 Å². The average molecular weight is 1030 g/mol. The van der Waals surface area contributed by atoms with Crippen LogP contribution in [0.3, 0.4) is 0 Å². The number of likely N-dealkylation sites (tertiary alicyclic amines) is 1. The van der Waals surface area contributed by atoms with E-state index in [9.17, 15) is 10.8 Å². The molecule has 4 aliphatic heterocycles. The van der Waals surface area contributed by atoms with Crippen molar-refractivity contribution in [3.8, 4) is 0 Å². The van der Waals surface area contributed by atoms with Gasteiger partial charge in [0.05, 0.1) is 5.69 Å². The van der Waals surface area contributed by atoms with Crippen molar-refractivity contribution in [2.24, 2.45) is 11.8 Å². The van der Waals surface area contributed by atoms with Gasteiger partial charge in [0.15, 0.2) is 5.82 Å². The van der Waals surface area contributed by atoms with Crippen molar-refractivity contribution in [2.45, 2.75) is 189 Å². The minimum absolute atomic E-state index is 0.190. The molecular weight excluding hydrogens is 927 g/mol. The molecule has 6 heterocycles. The van der Waals surface area contributed by atoms with Gasteiger partial charge in [-0.2, -0.15) is 4.98 Å². The van der Waals surface area contributed by atoms with Gasteiger partial charge >= 0.3 is 0 Å². The van der Waals surface area contributed by atoms with Gasteiger partial charge in [0.25, 0.3) is 0 Å². The van der Waals surface area contributed by atoms with Gasteiger partial charge < -0.3 is 41.0 Å². The van der Waals surface area contributed by atoms with Gasteiger partial charge in [0.2, 0.25) is 5.95 Å². The van der Waals surface area contributed by atoms with Crippen LogP contribution in [0.5, 0.6) is 0 Å². The maximum absolute atomic E-state index is 9.29. The molecule has 3 aliphatic carbocycles. The topological polar surface area (TPSA) is 148 Å². The van der Waals surface area contributed by atoms with Gasteiger partial charge in [-0.25, -0.2) is 15.0 Å². The van der Waals surface area contributed by atoms with Crippen molar-refractivity contribution in [2.75, 3.05) is 100 Å². The summed E-state index contributed by atoms with van der Waals surface area (Å²) in [5.74, 6) is 4.09. The SMILES string of the molecule is C=C1CCCCC1/C(C)=C(\CCC)C(=N)c1nc(CCC2CCCN2C)cc(N2CCNCC2)n1.C=C1CCCC[C@@H]1C(=N)/C(CCC)=C(\C)c1cc(N2CCNC3(CC3)C2)nc(N2CCCNCC2)n1.CC.CC. The monoisotopic (exact) mass is 1030 g/mol. The van der Waals surface area contributed by atoms with Gasteiger partial charge in [-0.15, -0.1) is 0 Å². The Morgan fingerprint density at radius 3 is 1.93 bits per heavy atom. The Labute approximate surface area is 455 Å². The van der Waals surface area contributed by atoms with Gasteiger partial charge in [0, 0.05) is 112 Å². The lowest BCUT2D eigenvalue weighted by Crippen LogP contribution is -2.52. The predicted molar refractivity (Wildman–Crippen MR) is 320 cm³/mol. The lowest BCUT2D eigenvalue weighted by molar-refractivity contribution is 0.296. The number of hydrogen-bond acceptors (Lipinski definition) is 13. The smallest absolute Gasteiger partial charge is 0.227 e. The number of allylic oxidation sites excluding steroid dienone is 6. The van der Waals surface area contributed by atoms with Crippen LogP contribution in [0.2, 0.25) is 0 Å². The second kappa shape index (κ2) is 30.0. The highest BCUT2D eigenvalue weighted by Gasteiger charge is 2.46. The van der Waals surface area contributed by atoms with Crippen molar-refractivity contribution < 1.29 is 0 Å². The molecule has 7 aliphatic rings. The molecule has 4 saturated heterocycles. The molecule has 416 valence electrons. The van der Waals surface area contributed by atoms with E-state index in [1.54, 1.807) is 0 Å². The van der Waals surface area contributed by atoms with Crippen LogP contribution in [0.25, 0.3) is 5.57 Å². The number of aryl methyl sites for hydroxylation is 1. The summed E-state index contributed by atoms with van der Waals surface area (Å²) in [4.78, 5) is 30.0. The third-order valence-corrected chi connectivity index (χ3v) is 17.0. The zero-order valence-electron chi connectivity index (χ0n) is 48.8. The third kappa shape index (κ3) is 16.1. The van der Waals surface area contributed by atoms with E-state index < -0.39 is 0 Å². The molecular formula is C62H103N13. The van der Waals surface area contributed by atoms with Crippen LogP contribution in [0.4, 0.5) is 17.6 Å². The summed E-state index contributed by atoms with van der Waals surface area (Å²) in [5.41, 5.74) is 11.0. The Morgan fingerprint density at radius 2 is 1.29 bits per heavy atom. The molecule has 75 heavy (non-hydrogen) atoms. The van der Waals surface area contributed by atoms with E-state index in [-0.39, 0.29) is 11.5 Å². The average Bonchev–Trinajstić information content (AvgIpc) is 4.15. The summed E-state index contributed by atoms with van der Waals surface area (Å²) < 4.78 is 0. The van der Waals surface area contributed by atoms with Gasteiger partial charge in [-0.3, -0.25) is 5.41 Å². The Balaban J connectivity index is 0.000000229. The summed E-state index contributed by atoms with van der Waals surface area (Å²) in [7, 11) is 2.24. The number of aromatic nitrogens is 4. The van der Waals surface area contributed by atoms with Crippen molar-refractivity contribution in [1.29, 1.82) is 10.8 Å². The lowest BCUT2D eigenvalue weighted by atomic mass is 9.78. The van der Waals surface area contributed by atoms with Crippen LogP contribution in [0.1, 0.15) is 188 Å². The standard InChI is InChI=1S/C29H45N7.C29H46N6.2C2H6/c1-4-8-24(27(30)23-10-6-5-9-21(23)2)22(3)25-19-26(36-18-15-32-29(20-36)11-12-29)34-28(33-25)35-16-7-13-31-14-17-35;1-5-9-26(22(3)25-12-7-6-10-21(25)2)28(30)29-32-23(13-14-24-11-8-17-34(24)4)20-27(33-29)35-18-15-31-16-19-35;2*1-2/h19,23,30-32H,2,4-18,20H2,1,3H3;20,24-25,30-31H,2,5-19H2,1,3-4H3;2*1-2H3/b24-22+,30-27?;26-22+,30-28?;;/t23-;;;/m0.../s1. The van der Waals surface area contributed by atoms with Crippen molar-refractivity contribution >= 4 is 34.6 Å². The molecule has 13 nitrogen and oxygen atoms in total. The predicted octanol–water partition coefficient (Wildman–Crippen LogP) is 11.8. The fourth-order valence-corrected chi connectivity index (χ4v) is 12.3. The number of hydrogen-bond donors (Lipinski definition) is 5. The molecule has 3 atom stereocenters. The van der Waals surface area contributed by atoms with E-state index in [1.807, 2.05) is 27.7 Å². The van der Waals surface area contributed by atoms with E-state index in [4.69, 9.17) is 19.9 Å². The first kappa shape index (κ1) is 59.9. The molecule has 5 N–H and O–H groups in total. The maximum atomic E-state index is 9.29. The summed E-state index contributed by atoms with van der Waals surface area (Å²) in [6.07, 6.45) is 21.4. The molecule has 7 fully saturated rings. The van der Waals surface area contributed by atoms with Crippen molar-refractivity contribution in [3.63, 3.8) is 0 Å². The molecule has 0 aromatic carbocycles. The van der Waals surface area contributed by atoms with E-state index in [0.29, 0.717) is 23.5 Å². The van der Waals surface area contributed by atoms with Crippen LogP contribution in [-0.2, 0) is 6.42 Å². The number of anilines is 3. The molecule has 0 bridgehead atoms. The summed E-state index contributed by atoms with van der Waals surface area (Å²) in [6, 6.07) is 5.04. The van der Waals surface area contributed by atoms with Gasteiger partial charge in [-0.1, -0.05) is 97.1 Å². The molecule has 2 aromatic heterocycles. The van der Waals surface area contributed by atoms with E-state index in [1.165, 1.54) is 74.6 Å². The summed E-state index contributed by atoms with van der Waals surface area (Å²) in [6.45, 7) is 37.6. The Bertz CT molecular complexity index is 2240. The third-order valence-electron chi connectivity index (χ3n) is 17.0. The first-order chi connectivity index (χ1) is 36.5. The molecule has 1 spiro atoms. The number of nitrogens with one attached hydrogen (secondary N) is 5. The van der Waals surface area contributed by atoms with Crippen molar-refractivity contribution in [3.05, 3.63) is 70.4 Å². The molecule has 9 rings (SSSR count). The van der Waals surface area contributed by atoms with E-state index >= 15 is 0 Å². The second-order valence-corrected chi connectivity index (χ2v) is 22.2.